The third-order valence-corrected chi connectivity index (χ3v) is 4.41. The summed E-state index contributed by atoms with van der Waals surface area (Å²) in [5, 5.41) is 2.80. The first-order valence-corrected chi connectivity index (χ1v) is 8.87. The van der Waals surface area contributed by atoms with E-state index in [-0.39, 0.29) is 12.4 Å². The number of alkyl halides is 3. The van der Waals surface area contributed by atoms with Gasteiger partial charge >= 0.3 is 6.18 Å². The largest absolute Gasteiger partial charge is 0.484 e. The minimum absolute atomic E-state index is 0.00397. The number of amides is 1. The Morgan fingerprint density at radius 1 is 1.04 bits per heavy atom. The molecule has 27 heavy (non-hydrogen) atoms. The second-order valence-electron chi connectivity index (χ2n) is 6.43. The van der Waals surface area contributed by atoms with Crippen LogP contribution in [0.15, 0.2) is 48.5 Å². The number of para-hydroxylation sites is 2. The molecule has 0 aromatic heterocycles. The van der Waals surface area contributed by atoms with Crippen LogP contribution in [0.2, 0.25) is 0 Å². The highest BCUT2D eigenvalue weighted by atomic mass is 19.4. The van der Waals surface area contributed by atoms with Crippen LogP contribution in [0.4, 0.5) is 24.5 Å². The van der Waals surface area contributed by atoms with Crippen LogP contribution < -0.4 is 15.0 Å². The summed E-state index contributed by atoms with van der Waals surface area (Å²) in [6.45, 7) is 1.51. The molecule has 4 nitrogen and oxygen atoms in total. The molecule has 144 valence electrons. The molecule has 0 unspecified atom stereocenters. The van der Waals surface area contributed by atoms with E-state index in [0.29, 0.717) is 5.69 Å². The highest BCUT2D eigenvalue weighted by molar-refractivity contribution is 5.95. The van der Waals surface area contributed by atoms with E-state index in [4.69, 9.17) is 4.74 Å². The molecular formula is C20H21F3N2O2. The number of nitrogens with one attached hydrogen (secondary N) is 1. The number of halogens is 3. The number of carbonyl (C=O) groups is 1. The molecule has 0 aliphatic carbocycles. The van der Waals surface area contributed by atoms with Crippen molar-refractivity contribution >= 4 is 17.3 Å². The number of hydrogen-bond acceptors (Lipinski definition) is 3. The molecule has 0 saturated carbocycles. The lowest BCUT2D eigenvalue weighted by molar-refractivity contribution is -0.137. The van der Waals surface area contributed by atoms with Crippen molar-refractivity contribution in [3.63, 3.8) is 0 Å². The highest BCUT2D eigenvalue weighted by Gasteiger charge is 2.30. The zero-order valence-corrected chi connectivity index (χ0v) is 14.8. The summed E-state index contributed by atoms with van der Waals surface area (Å²) in [6, 6.07) is 12.0. The second-order valence-corrected chi connectivity index (χ2v) is 6.43. The molecule has 1 N–H and O–H groups in total. The fourth-order valence-corrected chi connectivity index (χ4v) is 3.09. The van der Waals surface area contributed by atoms with Crippen molar-refractivity contribution in [1.82, 2.24) is 0 Å². The molecule has 0 radical (unpaired) electrons. The Hall–Kier alpha value is -2.70. The van der Waals surface area contributed by atoms with Crippen LogP contribution in [0.25, 0.3) is 0 Å². The van der Waals surface area contributed by atoms with E-state index in [0.717, 1.165) is 43.8 Å². The molecule has 3 rings (SSSR count). The van der Waals surface area contributed by atoms with Crippen molar-refractivity contribution in [2.24, 2.45) is 0 Å². The minimum atomic E-state index is -4.45. The summed E-state index contributed by atoms with van der Waals surface area (Å²) in [5.74, 6) is -0.416. The molecular weight excluding hydrogens is 357 g/mol. The van der Waals surface area contributed by atoms with Crippen LogP contribution in [0.3, 0.4) is 0 Å². The number of carbonyl (C=O) groups excluding carboxylic acids is 1. The van der Waals surface area contributed by atoms with Gasteiger partial charge in [0, 0.05) is 13.1 Å². The minimum Gasteiger partial charge on any atom is -0.484 e. The van der Waals surface area contributed by atoms with Crippen molar-refractivity contribution in [3.05, 3.63) is 54.1 Å². The van der Waals surface area contributed by atoms with Crippen LogP contribution in [0, 0.1) is 0 Å². The zero-order chi connectivity index (χ0) is 19.3. The van der Waals surface area contributed by atoms with E-state index in [9.17, 15) is 18.0 Å². The third-order valence-electron chi connectivity index (χ3n) is 4.41. The topological polar surface area (TPSA) is 41.6 Å². The summed E-state index contributed by atoms with van der Waals surface area (Å²) >= 11 is 0. The molecule has 2 aromatic carbocycles. The Balaban J connectivity index is 1.62. The predicted octanol–water partition coefficient (Wildman–Crippen LogP) is 4.71. The Bertz CT molecular complexity index is 787. The molecule has 2 aromatic rings. The van der Waals surface area contributed by atoms with Gasteiger partial charge in [0.1, 0.15) is 5.75 Å². The Morgan fingerprint density at radius 3 is 2.52 bits per heavy atom. The standard InChI is InChI=1S/C20H21F3N2O2/c21-20(22,23)15-7-6-8-16(13-15)27-14-19(26)24-17-9-2-3-10-18(17)25-11-4-1-5-12-25/h2-3,6-10,13H,1,4-5,11-12,14H2,(H,24,26). The van der Waals surface area contributed by atoms with Gasteiger partial charge in [-0.15, -0.1) is 0 Å². The van der Waals surface area contributed by atoms with Crippen molar-refractivity contribution in [1.29, 1.82) is 0 Å². The zero-order valence-electron chi connectivity index (χ0n) is 14.8. The molecule has 1 aliphatic rings. The van der Waals surface area contributed by atoms with E-state index >= 15 is 0 Å². The predicted molar refractivity (Wildman–Crippen MR) is 98.1 cm³/mol. The normalized spacial score (nSPS) is 14.7. The maximum absolute atomic E-state index is 12.7. The maximum Gasteiger partial charge on any atom is 0.416 e. The second kappa shape index (κ2) is 8.33. The average molecular weight is 378 g/mol. The fourth-order valence-electron chi connectivity index (χ4n) is 3.09. The number of piperidine rings is 1. The third kappa shape index (κ3) is 5.15. The van der Waals surface area contributed by atoms with Crippen LogP contribution in [0.1, 0.15) is 24.8 Å². The van der Waals surface area contributed by atoms with Gasteiger partial charge in [-0.2, -0.15) is 13.2 Å². The maximum atomic E-state index is 12.7. The first kappa shape index (κ1) is 19.1. The molecule has 1 fully saturated rings. The molecule has 0 bridgehead atoms. The molecule has 1 aliphatic heterocycles. The highest BCUT2D eigenvalue weighted by Crippen LogP contribution is 2.31. The van der Waals surface area contributed by atoms with Crippen molar-refractivity contribution < 1.29 is 22.7 Å². The van der Waals surface area contributed by atoms with Crippen molar-refractivity contribution in [3.8, 4) is 5.75 Å². The van der Waals surface area contributed by atoms with Crippen molar-refractivity contribution in [2.45, 2.75) is 25.4 Å². The van der Waals surface area contributed by atoms with Crippen LogP contribution in [-0.4, -0.2) is 25.6 Å². The van der Waals surface area contributed by atoms with E-state index in [1.165, 1.54) is 18.6 Å². The van der Waals surface area contributed by atoms with E-state index in [1.54, 1.807) is 0 Å². The van der Waals surface area contributed by atoms with Crippen LogP contribution >= 0.6 is 0 Å². The molecule has 1 heterocycles. The molecule has 0 spiro atoms. The van der Waals surface area contributed by atoms with Gasteiger partial charge in [0.15, 0.2) is 6.61 Å². The average Bonchev–Trinajstić information content (AvgIpc) is 2.67. The number of anilines is 2. The molecule has 0 atom stereocenters. The lowest BCUT2D eigenvalue weighted by Gasteiger charge is -2.30. The Kier molecular flexibility index (Phi) is 5.88. The Labute approximate surface area is 155 Å². The van der Waals surface area contributed by atoms with Crippen molar-refractivity contribution in [2.75, 3.05) is 29.9 Å². The summed E-state index contributed by atoms with van der Waals surface area (Å²) < 4.78 is 43.4. The number of ether oxygens (including phenoxy) is 1. The van der Waals surface area contributed by atoms with Gasteiger partial charge < -0.3 is 15.0 Å². The summed E-state index contributed by atoms with van der Waals surface area (Å²) in [6.07, 6.45) is -1.02. The van der Waals surface area contributed by atoms with Gasteiger partial charge in [-0.25, -0.2) is 0 Å². The molecule has 7 heteroatoms. The fraction of sp³-hybridized carbons (Fsp3) is 0.350. The van der Waals surface area contributed by atoms with Gasteiger partial charge in [-0.3, -0.25) is 4.79 Å². The lowest BCUT2D eigenvalue weighted by Crippen LogP contribution is -2.30. The Morgan fingerprint density at radius 2 is 1.78 bits per heavy atom. The van der Waals surface area contributed by atoms with Gasteiger partial charge in [-0.05, 0) is 49.6 Å². The monoisotopic (exact) mass is 378 g/mol. The first-order chi connectivity index (χ1) is 12.9. The summed E-state index contributed by atoms with van der Waals surface area (Å²) in [7, 11) is 0. The van der Waals surface area contributed by atoms with Crippen LogP contribution in [-0.2, 0) is 11.0 Å². The molecule has 1 amide bonds. The quantitative estimate of drug-likeness (QED) is 0.819. The van der Waals surface area contributed by atoms with Crippen LogP contribution in [0.5, 0.6) is 5.75 Å². The van der Waals surface area contributed by atoms with E-state index < -0.39 is 17.6 Å². The van der Waals surface area contributed by atoms with E-state index in [1.807, 2.05) is 24.3 Å². The number of rotatable bonds is 5. The smallest absolute Gasteiger partial charge is 0.416 e. The van der Waals surface area contributed by atoms with Gasteiger partial charge in [0.05, 0.1) is 16.9 Å². The summed E-state index contributed by atoms with van der Waals surface area (Å²) in [5.41, 5.74) is 0.817. The van der Waals surface area contributed by atoms with Gasteiger partial charge in [-0.1, -0.05) is 18.2 Å². The number of benzene rings is 2. The van der Waals surface area contributed by atoms with Gasteiger partial charge in [0.25, 0.3) is 5.91 Å². The SMILES string of the molecule is O=C(COc1cccc(C(F)(F)F)c1)Nc1ccccc1N1CCCCC1. The molecule has 1 saturated heterocycles. The lowest BCUT2D eigenvalue weighted by atomic mass is 10.1. The first-order valence-electron chi connectivity index (χ1n) is 8.87. The number of nitrogens with zero attached hydrogens (tertiary/aromatic N) is 1. The van der Waals surface area contributed by atoms with E-state index in [2.05, 4.69) is 10.2 Å². The number of hydrogen-bond donors (Lipinski definition) is 1. The summed E-state index contributed by atoms with van der Waals surface area (Å²) in [4.78, 5) is 14.5. The van der Waals surface area contributed by atoms with Gasteiger partial charge in [0.2, 0.25) is 0 Å².